The third-order valence-electron chi connectivity index (χ3n) is 5.27. The van der Waals surface area contributed by atoms with E-state index in [1.54, 1.807) is 0 Å². The van der Waals surface area contributed by atoms with Gasteiger partial charge in [-0.05, 0) is 38.8 Å². The molecule has 1 heterocycles. The summed E-state index contributed by atoms with van der Waals surface area (Å²) in [6.45, 7) is 9.58. The van der Waals surface area contributed by atoms with E-state index < -0.39 is 0 Å². The fraction of sp³-hybridized carbons (Fsp3) is 1.00. The van der Waals surface area contributed by atoms with Crippen molar-refractivity contribution in [3.05, 3.63) is 0 Å². The van der Waals surface area contributed by atoms with Gasteiger partial charge in [0.1, 0.15) is 0 Å². The fourth-order valence-corrected chi connectivity index (χ4v) is 3.82. The minimum Gasteiger partial charge on any atom is -0.312 e. The van der Waals surface area contributed by atoms with Crippen molar-refractivity contribution >= 4 is 0 Å². The summed E-state index contributed by atoms with van der Waals surface area (Å²) in [5, 5.41) is 3.91. The lowest BCUT2D eigenvalue weighted by atomic mass is 9.78. The van der Waals surface area contributed by atoms with Crippen molar-refractivity contribution < 1.29 is 0 Å². The van der Waals surface area contributed by atoms with Gasteiger partial charge in [0.05, 0.1) is 0 Å². The molecule has 3 nitrogen and oxygen atoms in total. The summed E-state index contributed by atoms with van der Waals surface area (Å²) in [5.41, 5.74) is 0. The molecule has 2 fully saturated rings. The van der Waals surface area contributed by atoms with Gasteiger partial charge >= 0.3 is 0 Å². The van der Waals surface area contributed by atoms with Crippen LogP contribution in [0.25, 0.3) is 0 Å². The maximum Gasteiger partial charge on any atom is 0.0345 e. The Bertz CT molecular complexity index is 267. The number of likely N-dealkylation sites (N-methyl/N-ethyl adjacent to an activating group) is 2. The SMILES string of the molecule is CC(C)C1CCCCC1NCC1CN(C)CCN1C. The number of nitrogens with one attached hydrogen (secondary N) is 1. The highest BCUT2D eigenvalue weighted by atomic mass is 15.3. The standard InChI is InChI=1S/C16H33N3/c1-13(2)15-7-5-6-8-16(15)17-11-14-12-18(3)9-10-19(14)4/h13-17H,5-12H2,1-4H3. The highest BCUT2D eigenvalue weighted by Gasteiger charge is 2.29. The lowest BCUT2D eigenvalue weighted by molar-refractivity contribution is 0.103. The molecule has 1 aliphatic carbocycles. The van der Waals surface area contributed by atoms with E-state index in [2.05, 4.69) is 43.1 Å². The van der Waals surface area contributed by atoms with E-state index >= 15 is 0 Å². The highest BCUT2D eigenvalue weighted by Crippen LogP contribution is 2.30. The topological polar surface area (TPSA) is 18.5 Å². The van der Waals surface area contributed by atoms with E-state index in [0.717, 1.165) is 24.4 Å². The van der Waals surface area contributed by atoms with Crippen molar-refractivity contribution in [1.29, 1.82) is 0 Å². The van der Waals surface area contributed by atoms with Gasteiger partial charge in [-0.2, -0.15) is 0 Å². The maximum absolute atomic E-state index is 3.91. The van der Waals surface area contributed by atoms with Crippen LogP contribution in [0.4, 0.5) is 0 Å². The van der Waals surface area contributed by atoms with Gasteiger partial charge in [-0.1, -0.05) is 26.7 Å². The van der Waals surface area contributed by atoms with Crippen LogP contribution in [-0.4, -0.2) is 62.2 Å². The first kappa shape index (κ1) is 15.3. The molecule has 1 aliphatic heterocycles. The summed E-state index contributed by atoms with van der Waals surface area (Å²) in [7, 11) is 4.53. The van der Waals surface area contributed by atoms with Crippen LogP contribution in [0.2, 0.25) is 0 Å². The van der Waals surface area contributed by atoms with Gasteiger partial charge in [-0.3, -0.25) is 4.90 Å². The minimum absolute atomic E-state index is 0.688. The molecular weight excluding hydrogens is 234 g/mol. The quantitative estimate of drug-likeness (QED) is 0.841. The van der Waals surface area contributed by atoms with Crippen molar-refractivity contribution in [2.45, 2.75) is 51.6 Å². The van der Waals surface area contributed by atoms with Crippen LogP contribution in [0.15, 0.2) is 0 Å². The van der Waals surface area contributed by atoms with Crippen molar-refractivity contribution in [2.24, 2.45) is 11.8 Å². The Balaban J connectivity index is 1.82. The normalized spacial score (nSPS) is 34.9. The van der Waals surface area contributed by atoms with E-state index in [4.69, 9.17) is 0 Å². The average Bonchev–Trinajstić information content (AvgIpc) is 2.40. The molecule has 2 rings (SSSR count). The van der Waals surface area contributed by atoms with Gasteiger partial charge < -0.3 is 10.2 Å². The zero-order valence-corrected chi connectivity index (χ0v) is 13.4. The Labute approximate surface area is 119 Å². The second kappa shape index (κ2) is 7.05. The van der Waals surface area contributed by atoms with Crippen molar-refractivity contribution in [1.82, 2.24) is 15.1 Å². The Hall–Kier alpha value is -0.120. The van der Waals surface area contributed by atoms with Gasteiger partial charge in [0.25, 0.3) is 0 Å². The lowest BCUT2D eigenvalue weighted by Gasteiger charge is -2.40. The molecule has 0 aromatic rings. The minimum atomic E-state index is 0.688. The first-order valence-corrected chi connectivity index (χ1v) is 8.20. The maximum atomic E-state index is 3.91. The van der Waals surface area contributed by atoms with E-state index in [9.17, 15) is 0 Å². The first-order chi connectivity index (χ1) is 9.08. The number of piperazine rings is 1. The Morgan fingerprint density at radius 3 is 2.58 bits per heavy atom. The molecule has 0 radical (unpaired) electrons. The first-order valence-electron chi connectivity index (χ1n) is 8.20. The van der Waals surface area contributed by atoms with Crippen molar-refractivity contribution in [2.75, 3.05) is 40.3 Å². The third-order valence-corrected chi connectivity index (χ3v) is 5.27. The molecule has 2 aliphatic rings. The zero-order chi connectivity index (χ0) is 13.8. The third kappa shape index (κ3) is 4.17. The van der Waals surface area contributed by atoms with E-state index in [-0.39, 0.29) is 0 Å². The van der Waals surface area contributed by atoms with E-state index in [0.29, 0.717) is 6.04 Å². The molecule has 3 unspecified atom stereocenters. The number of nitrogens with zero attached hydrogens (tertiary/aromatic N) is 2. The summed E-state index contributed by atoms with van der Waals surface area (Å²) < 4.78 is 0. The largest absolute Gasteiger partial charge is 0.312 e. The Kier molecular flexibility index (Phi) is 5.67. The fourth-order valence-electron chi connectivity index (χ4n) is 3.82. The predicted octanol–water partition coefficient (Wildman–Crippen LogP) is 2.04. The summed E-state index contributed by atoms with van der Waals surface area (Å²) >= 11 is 0. The van der Waals surface area contributed by atoms with Crippen molar-refractivity contribution in [3.8, 4) is 0 Å². The lowest BCUT2D eigenvalue weighted by Crippen LogP contribution is -2.55. The van der Waals surface area contributed by atoms with Crippen LogP contribution in [0, 0.1) is 11.8 Å². The Morgan fingerprint density at radius 2 is 1.84 bits per heavy atom. The van der Waals surface area contributed by atoms with Crippen molar-refractivity contribution in [3.63, 3.8) is 0 Å². The molecule has 1 saturated carbocycles. The van der Waals surface area contributed by atoms with Gasteiger partial charge in [-0.25, -0.2) is 0 Å². The van der Waals surface area contributed by atoms with Crippen LogP contribution >= 0.6 is 0 Å². The van der Waals surface area contributed by atoms with Gasteiger partial charge in [0.2, 0.25) is 0 Å². The summed E-state index contributed by atoms with van der Waals surface area (Å²) in [6.07, 6.45) is 5.67. The highest BCUT2D eigenvalue weighted by molar-refractivity contribution is 4.86. The smallest absolute Gasteiger partial charge is 0.0345 e. The molecule has 0 aromatic heterocycles. The summed E-state index contributed by atoms with van der Waals surface area (Å²) in [6, 6.07) is 1.45. The average molecular weight is 267 g/mol. The van der Waals surface area contributed by atoms with E-state index in [1.807, 2.05) is 0 Å². The van der Waals surface area contributed by atoms with Crippen LogP contribution < -0.4 is 5.32 Å². The molecule has 0 bridgehead atoms. The second-order valence-corrected chi connectivity index (χ2v) is 7.10. The van der Waals surface area contributed by atoms with Gasteiger partial charge in [-0.15, -0.1) is 0 Å². The molecule has 1 N–H and O–H groups in total. The Morgan fingerprint density at radius 1 is 1.11 bits per heavy atom. The number of hydrogen-bond acceptors (Lipinski definition) is 3. The van der Waals surface area contributed by atoms with Gasteiger partial charge in [0, 0.05) is 38.3 Å². The monoisotopic (exact) mass is 267 g/mol. The zero-order valence-electron chi connectivity index (χ0n) is 13.4. The predicted molar refractivity (Wildman–Crippen MR) is 82.5 cm³/mol. The van der Waals surface area contributed by atoms with Crippen LogP contribution in [-0.2, 0) is 0 Å². The van der Waals surface area contributed by atoms with Crippen LogP contribution in [0.5, 0.6) is 0 Å². The molecule has 0 amide bonds. The van der Waals surface area contributed by atoms with Crippen LogP contribution in [0.1, 0.15) is 39.5 Å². The number of rotatable bonds is 4. The second-order valence-electron chi connectivity index (χ2n) is 7.10. The summed E-state index contributed by atoms with van der Waals surface area (Å²) in [5.74, 6) is 1.71. The van der Waals surface area contributed by atoms with Gasteiger partial charge in [0.15, 0.2) is 0 Å². The molecule has 0 aromatic carbocycles. The van der Waals surface area contributed by atoms with E-state index in [1.165, 1.54) is 45.3 Å². The molecule has 0 spiro atoms. The molecule has 3 atom stereocenters. The summed E-state index contributed by atoms with van der Waals surface area (Å²) in [4.78, 5) is 4.99. The molecule has 3 heteroatoms. The number of hydrogen-bond donors (Lipinski definition) is 1. The van der Waals surface area contributed by atoms with Crippen LogP contribution in [0.3, 0.4) is 0 Å². The molecule has 112 valence electrons. The molecule has 19 heavy (non-hydrogen) atoms. The molecule has 1 saturated heterocycles. The molecular formula is C16H33N3.